The number of carbonyl (C=O) groups excluding carboxylic acids is 2. The highest BCUT2D eigenvalue weighted by molar-refractivity contribution is 8.14. The van der Waals surface area contributed by atoms with Crippen molar-refractivity contribution >= 4 is 38.8 Å². The third-order valence-corrected chi connectivity index (χ3v) is 6.65. The van der Waals surface area contributed by atoms with Crippen molar-refractivity contribution in [2.24, 2.45) is 11.1 Å². The van der Waals surface area contributed by atoms with Crippen molar-refractivity contribution in [2.45, 2.75) is 36.9 Å². The number of nitrogens with zero attached hydrogens (tertiary/aromatic N) is 1. The van der Waals surface area contributed by atoms with Gasteiger partial charge in [0, 0.05) is 23.8 Å². The molecule has 0 saturated carbocycles. The van der Waals surface area contributed by atoms with E-state index in [-0.39, 0.29) is 17.9 Å². The van der Waals surface area contributed by atoms with Crippen LogP contribution in [0.3, 0.4) is 0 Å². The zero-order chi connectivity index (χ0) is 22.9. The first-order valence-corrected chi connectivity index (χ1v) is 11.2. The molecule has 1 saturated heterocycles. The quantitative estimate of drug-likeness (QED) is 0.651. The Kier molecular flexibility index (Phi) is 7.20. The third-order valence-electron chi connectivity index (χ3n) is 4.54. The minimum atomic E-state index is -4.98. The van der Waals surface area contributed by atoms with Gasteiger partial charge in [-0.05, 0) is 31.0 Å². The molecule has 1 unspecified atom stereocenters. The van der Waals surface area contributed by atoms with Crippen molar-refractivity contribution in [1.29, 1.82) is 0 Å². The first kappa shape index (κ1) is 24.2. The van der Waals surface area contributed by atoms with E-state index in [0.717, 1.165) is 6.07 Å². The van der Waals surface area contributed by atoms with Crippen molar-refractivity contribution in [3.63, 3.8) is 0 Å². The van der Waals surface area contributed by atoms with Crippen molar-refractivity contribution in [3.8, 4) is 0 Å². The van der Waals surface area contributed by atoms with Gasteiger partial charge in [0.25, 0.3) is 0 Å². The standard InChI is InChI=1S/C17H19F3N2O6S2/c1-9(14(23)22-6-2-3-12(22)15(24)25)8-29-16(26)10-4-5-11(17(18,19)20)13(7-10)30(21,27)28/h4-5,7,9,12H,2-3,6,8H2,1H3,(H,24,25)(H2,21,27,28)/t9?,12-/m0/s1. The minimum Gasteiger partial charge on any atom is -0.480 e. The second kappa shape index (κ2) is 8.94. The first-order valence-electron chi connectivity index (χ1n) is 8.68. The number of nitrogens with two attached hydrogens (primary N) is 1. The SMILES string of the molecule is CC(CSC(=O)c1ccc(C(F)(F)F)c(S(N)(=O)=O)c1)C(=O)N1CCC[C@H]1C(=O)O. The molecule has 2 rings (SSSR count). The molecule has 1 aliphatic heterocycles. The Labute approximate surface area is 174 Å². The molecule has 166 valence electrons. The first-order chi connectivity index (χ1) is 13.7. The van der Waals surface area contributed by atoms with Crippen LogP contribution in [-0.4, -0.2) is 53.8 Å². The number of hydrogen-bond acceptors (Lipinski definition) is 6. The Morgan fingerprint density at radius 1 is 1.33 bits per heavy atom. The summed E-state index contributed by atoms with van der Waals surface area (Å²) in [7, 11) is -4.74. The number of alkyl halides is 3. The summed E-state index contributed by atoms with van der Waals surface area (Å²) in [6.45, 7) is 1.79. The lowest BCUT2D eigenvalue weighted by atomic mass is 10.1. The van der Waals surface area contributed by atoms with Crippen molar-refractivity contribution in [2.75, 3.05) is 12.3 Å². The molecule has 13 heteroatoms. The number of aliphatic carboxylic acids is 1. The second-order valence-corrected chi connectivity index (χ2v) is 9.30. The Hall–Kier alpha value is -2.12. The summed E-state index contributed by atoms with van der Waals surface area (Å²) in [5.74, 6) is -2.35. The monoisotopic (exact) mass is 468 g/mol. The van der Waals surface area contributed by atoms with Gasteiger partial charge in [0.05, 0.1) is 10.5 Å². The Morgan fingerprint density at radius 2 is 1.97 bits per heavy atom. The summed E-state index contributed by atoms with van der Waals surface area (Å²) in [5.41, 5.74) is -1.80. The van der Waals surface area contributed by atoms with Crippen LogP contribution in [0.5, 0.6) is 0 Å². The predicted octanol–water partition coefficient (Wildman–Crippen LogP) is 1.94. The molecule has 1 fully saturated rings. The predicted molar refractivity (Wildman–Crippen MR) is 101 cm³/mol. The van der Waals surface area contributed by atoms with Crippen LogP contribution in [0.2, 0.25) is 0 Å². The van der Waals surface area contributed by atoms with Gasteiger partial charge in [0.1, 0.15) is 6.04 Å². The van der Waals surface area contributed by atoms with E-state index in [4.69, 9.17) is 10.2 Å². The van der Waals surface area contributed by atoms with Gasteiger partial charge in [0.15, 0.2) is 0 Å². The molecule has 0 aliphatic carbocycles. The number of thioether (sulfide) groups is 1. The van der Waals surface area contributed by atoms with Gasteiger partial charge in [-0.3, -0.25) is 9.59 Å². The number of benzene rings is 1. The highest BCUT2D eigenvalue weighted by atomic mass is 32.2. The number of sulfonamides is 1. The molecule has 0 radical (unpaired) electrons. The van der Waals surface area contributed by atoms with Crippen LogP contribution < -0.4 is 5.14 Å². The van der Waals surface area contributed by atoms with Crippen molar-refractivity contribution in [3.05, 3.63) is 29.3 Å². The van der Waals surface area contributed by atoms with Crippen LogP contribution in [0.15, 0.2) is 23.1 Å². The number of carboxylic acids is 1. The van der Waals surface area contributed by atoms with Gasteiger partial charge in [-0.1, -0.05) is 18.7 Å². The molecule has 0 aromatic heterocycles. The smallest absolute Gasteiger partial charge is 0.417 e. The molecule has 1 aromatic carbocycles. The van der Waals surface area contributed by atoms with E-state index in [2.05, 4.69) is 0 Å². The molecule has 1 aliphatic rings. The molecule has 1 heterocycles. The van der Waals surface area contributed by atoms with Crippen LogP contribution in [-0.2, 0) is 25.8 Å². The highest BCUT2D eigenvalue weighted by Gasteiger charge is 2.38. The van der Waals surface area contributed by atoms with E-state index in [0.29, 0.717) is 36.7 Å². The summed E-state index contributed by atoms with van der Waals surface area (Å²) in [6.07, 6.45) is -4.10. The number of rotatable bonds is 6. The second-order valence-electron chi connectivity index (χ2n) is 6.78. The summed E-state index contributed by atoms with van der Waals surface area (Å²) < 4.78 is 62.0. The number of amides is 1. The zero-order valence-corrected chi connectivity index (χ0v) is 17.3. The van der Waals surface area contributed by atoms with Gasteiger partial charge in [-0.25, -0.2) is 18.4 Å². The fourth-order valence-electron chi connectivity index (χ4n) is 3.04. The summed E-state index contributed by atoms with van der Waals surface area (Å²) in [6, 6.07) is 0.929. The van der Waals surface area contributed by atoms with Gasteiger partial charge >= 0.3 is 12.1 Å². The Morgan fingerprint density at radius 3 is 2.50 bits per heavy atom. The van der Waals surface area contributed by atoms with Crippen LogP contribution in [0, 0.1) is 5.92 Å². The maximum absolute atomic E-state index is 13.0. The normalized spacial score (nSPS) is 18.3. The molecule has 30 heavy (non-hydrogen) atoms. The lowest BCUT2D eigenvalue weighted by Crippen LogP contribution is -2.43. The maximum atomic E-state index is 13.0. The van der Waals surface area contributed by atoms with Crippen molar-refractivity contribution < 1.29 is 41.1 Å². The van der Waals surface area contributed by atoms with Gasteiger partial charge in [0.2, 0.25) is 21.0 Å². The van der Waals surface area contributed by atoms with E-state index in [1.54, 1.807) is 0 Å². The highest BCUT2D eigenvalue weighted by Crippen LogP contribution is 2.35. The maximum Gasteiger partial charge on any atom is 0.417 e. The molecule has 0 spiro atoms. The molecule has 1 aromatic rings. The van der Waals surface area contributed by atoms with Crippen LogP contribution in [0.4, 0.5) is 13.2 Å². The average Bonchev–Trinajstić information content (AvgIpc) is 3.13. The minimum absolute atomic E-state index is 0.0633. The van der Waals surface area contributed by atoms with Crippen LogP contribution >= 0.6 is 11.8 Å². The van der Waals surface area contributed by atoms with E-state index in [1.807, 2.05) is 0 Å². The van der Waals surface area contributed by atoms with Gasteiger partial charge in [-0.2, -0.15) is 13.2 Å². The number of primary sulfonamides is 1. The molecule has 2 atom stereocenters. The van der Waals surface area contributed by atoms with E-state index < -0.39 is 55.6 Å². The molecule has 0 bridgehead atoms. The summed E-state index contributed by atoms with van der Waals surface area (Å²) in [5, 5.41) is 13.3. The molecule has 3 N–H and O–H groups in total. The van der Waals surface area contributed by atoms with Crippen LogP contribution in [0.25, 0.3) is 0 Å². The zero-order valence-electron chi connectivity index (χ0n) is 15.7. The number of carboxylic acid groups (broad SMARTS) is 1. The molecular weight excluding hydrogens is 449 g/mol. The molecular formula is C17H19F3N2O6S2. The number of halogens is 3. The van der Waals surface area contributed by atoms with E-state index >= 15 is 0 Å². The third kappa shape index (κ3) is 5.52. The number of likely N-dealkylation sites (tertiary alicyclic amines) is 1. The fraction of sp³-hybridized carbons (Fsp3) is 0.471. The lowest BCUT2D eigenvalue weighted by molar-refractivity contribution is -0.149. The summed E-state index contributed by atoms with van der Waals surface area (Å²) in [4.78, 5) is 36.0. The number of hydrogen-bond donors (Lipinski definition) is 2. The van der Waals surface area contributed by atoms with Crippen LogP contribution in [0.1, 0.15) is 35.7 Å². The largest absolute Gasteiger partial charge is 0.480 e. The lowest BCUT2D eigenvalue weighted by Gasteiger charge is -2.24. The Bertz CT molecular complexity index is 965. The summed E-state index contributed by atoms with van der Waals surface area (Å²) >= 11 is 0.616. The average molecular weight is 468 g/mol. The Balaban J connectivity index is 2.13. The van der Waals surface area contributed by atoms with Crippen molar-refractivity contribution in [1.82, 2.24) is 4.90 Å². The fourth-order valence-corrected chi connectivity index (χ4v) is 4.66. The van der Waals surface area contributed by atoms with E-state index in [1.165, 1.54) is 11.8 Å². The molecule has 1 amide bonds. The van der Waals surface area contributed by atoms with Gasteiger partial charge < -0.3 is 10.0 Å². The molecule has 8 nitrogen and oxygen atoms in total. The topological polar surface area (TPSA) is 135 Å². The van der Waals surface area contributed by atoms with E-state index in [9.17, 15) is 36.0 Å². The van der Waals surface area contributed by atoms with Gasteiger partial charge in [-0.15, -0.1) is 0 Å². The number of carbonyl (C=O) groups is 3.